The van der Waals surface area contributed by atoms with Gasteiger partial charge in [-0.3, -0.25) is 9.36 Å². The van der Waals surface area contributed by atoms with Crippen molar-refractivity contribution in [3.63, 3.8) is 0 Å². The Kier molecular flexibility index (Phi) is 7.87. The molecule has 0 aliphatic carbocycles. The highest BCUT2D eigenvalue weighted by molar-refractivity contribution is 7.99. The second-order valence-corrected chi connectivity index (χ2v) is 8.70. The highest BCUT2D eigenvalue weighted by atomic mass is 32.2. The molecule has 0 bridgehead atoms. The predicted molar refractivity (Wildman–Crippen MR) is 104 cm³/mol. The van der Waals surface area contributed by atoms with Crippen molar-refractivity contribution < 1.29 is 17.6 Å². The largest absolute Gasteiger partial charge is 0.461 e. The summed E-state index contributed by atoms with van der Waals surface area (Å²) >= 11 is 1.30. The molecule has 0 unspecified atom stereocenters. The molecule has 150 valence electrons. The van der Waals surface area contributed by atoms with Crippen LogP contribution in [0.15, 0.2) is 28.0 Å². The second-order valence-electron chi connectivity index (χ2n) is 5.77. The summed E-state index contributed by atoms with van der Waals surface area (Å²) in [7, 11) is -3.20. The zero-order valence-corrected chi connectivity index (χ0v) is 17.3. The Morgan fingerprint density at radius 2 is 2.15 bits per heavy atom. The Morgan fingerprint density at radius 1 is 1.37 bits per heavy atom. The van der Waals surface area contributed by atoms with Crippen LogP contribution in [0.5, 0.6) is 0 Å². The smallest absolute Gasteiger partial charge is 0.230 e. The van der Waals surface area contributed by atoms with Crippen LogP contribution < -0.4 is 5.32 Å². The average molecular weight is 416 g/mol. The third-order valence-electron chi connectivity index (χ3n) is 3.84. The van der Waals surface area contributed by atoms with Crippen molar-refractivity contribution in [3.8, 4) is 11.6 Å². The van der Waals surface area contributed by atoms with Gasteiger partial charge in [0.1, 0.15) is 0 Å². The number of thioether (sulfide) groups is 1. The quantitative estimate of drug-likeness (QED) is 0.437. The number of carbonyl (C=O) groups is 1. The number of sulfonamides is 1. The lowest BCUT2D eigenvalue weighted by Gasteiger charge is -2.17. The minimum absolute atomic E-state index is 0.132. The van der Waals surface area contributed by atoms with Crippen LogP contribution in [0.2, 0.25) is 0 Å². The molecule has 9 nitrogen and oxygen atoms in total. The van der Waals surface area contributed by atoms with Gasteiger partial charge in [-0.25, -0.2) is 12.7 Å². The minimum Gasteiger partial charge on any atom is -0.461 e. The van der Waals surface area contributed by atoms with Crippen LogP contribution in [0.25, 0.3) is 11.6 Å². The molecule has 1 amide bonds. The van der Waals surface area contributed by atoms with Gasteiger partial charge in [-0.05, 0) is 25.5 Å². The number of aromatic nitrogens is 3. The molecule has 0 spiro atoms. The first-order chi connectivity index (χ1) is 12.9. The van der Waals surface area contributed by atoms with Gasteiger partial charge in [-0.15, -0.1) is 10.2 Å². The van der Waals surface area contributed by atoms with Crippen molar-refractivity contribution in [1.82, 2.24) is 24.4 Å². The van der Waals surface area contributed by atoms with Crippen LogP contribution in [0.3, 0.4) is 0 Å². The molecule has 0 radical (unpaired) electrons. The first kappa shape index (κ1) is 21.5. The SMILES string of the molecule is CCN(CCCNC(=O)CSc1nnc(-c2ccco2)n1CC)S(C)(=O)=O. The summed E-state index contributed by atoms with van der Waals surface area (Å²) in [5, 5.41) is 11.7. The number of carbonyl (C=O) groups excluding carboxylic acids is 1. The van der Waals surface area contributed by atoms with Crippen LogP contribution in [-0.2, 0) is 21.4 Å². The molecule has 0 aromatic carbocycles. The van der Waals surface area contributed by atoms with Gasteiger partial charge in [-0.2, -0.15) is 0 Å². The minimum atomic E-state index is -3.20. The van der Waals surface area contributed by atoms with Gasteiger partial charge in [-0.1, -0.05) is 18.7 Å². The maximum atomic E-state index is 12.0. The van der Waals surface area contributed by atoms with E-state index in [4.69, 9.17) is 4.42 Å². The lowest BCUT2D eigenvalue weighted by Crippen LogP contribution is -2.34. The number of furan rings is 1. The number of rotatable bonds is 11. The Bertz CT molecular complexity index is 833. The van der Waals surface area contributed by atoms with Gasteiger partial charge in [0.15, 0.2) is 16.7 Å². The van der Waals surface area contributed by atoms with Crippen molar-refractivity contribution in [2.75, 3.05) is 31.6 Å². The summed E-state index contributed by atoms with van der Waals surface area (Å²) in [6.45, 7) is 5.65. The standard InChI is InChI=1S/C16H25N5O4S2/c1-4-20(27(3,23)24)10-7-9-17-14(22)12-26-16-19-18-15(21(16)5-2)13-8-6-11-25-13/h6,8,11H,4-5,7,9-10,12H2,1-3H3,(H,17,22). The van der Waals surface area contributed by atoms with Crippen molar-refractivity contribution in [3.05, 3.63) is 18.4 Å². The predicted octanol–water partition coefficient (Wildman–Crippen LogP) is 1.44. The van der Waals surface area contributed by atoms with E-state index in [1.807, 2.05) is 17.6 Å². The van der Waals surface area contributed by atoms with E-state index in [2.05, 4.69) is 15.5 Å². The molecule has 27 heavy (non-hydrogen) atoms. The molecule has 0 saturated heterocycles. The monoisotopic (exact) mass is 415 g/mol. The van der Waals surface area contributed by atoms with E-state index >= 15 is 0 Å². The van der Waals surface area contributed by atoms with E-state index in [0.29, 0.717) is 49.3 Å². The molecule has 0 fully saturated rings. The summed E-state index contributed by atoms with van der Waals surface area (Å²) in [6, 6.07) is 3.60. The van der Waals surface area contributed by atoms with E-state index in [1.165, 1.54) is 22.3 Å². The summed E-state index contributed by atoms with van der Waals surface area (Å²) < 4.78 is 31.7. The van der Waals surface area contributed by atoms with E-state index in [9.17, 15) is 13.2 Å². The number of hydrogen-bond donors (Lipinski definition) is 1. The number of nitrogens with zero attached hydrogens (tertiary/aromatic N) is 4. The van der Waals surface area contributed by atoms with Gasteiger partial charge in [0.05, 0.1) is 18.3 Å². The van der Waals surface area contributed by atoms with Gasteiger partial charge in [0.25, 0.3) is 0 Å². The maximum absolute atomic E-state index is 12.0. The van der Waals surface area contributed by atoms with Crippen LogP contribution in [-0.4, -0.2) is 65.0 Å². The molecule has 0 saturated carbocycles. The fourth-order valence-corrected chi connectivity index (χ4v) is 4.25. The topological polar surface area (TPSA) is 110 Å². The molecular formula is C16H25N5O4S2. The first-order valence-electron chi connectivity index (χ1n) is 8.68. The fourth-order valence-electron chi connectivity index (χ4n) is 2.49. The van der Waals surface area contributed by atoms with E-state index < -0.39 is 10.0 Å². The third-order valence-corrected chi connectivity index (χ3v) is 6.18. The highest BCUT2D eigenvalue weighted by Crippen LogP contribution is 2.23. The van der Waals surface area contributed by atoms with Gasteiger partial charge >= 0.3 is 0 Å². The Labute approximate surface area is 163 Å². The van der Waals surface area contributed by atoms with Crippen molar-refractivity contribution in [1.29, 1.82) is 0 Å². The summed E-state index contributed by atoms with van der Waals surface area (Å²) in [4.78, 5) is 12.0. The van der Waals surface area contributed by atoms with Crippen LogP contribution in [0.4, 0.5) is 0 Å². The Morgan fingerprint density at radius 3 is 2.74 bits per heavy atom. The van der Waals surface area contributed by atoms with Crippen molar-refractivity contribution in [2.24, 2.45) is 0 Å². The summed E-state index contributed by atoms with van der Waals surface area (Å²) in [5.74, 6) is 1.34. The molecule has 2 aromatic rings. The molecule has 0 aliphatic heterocycles. The number of amides is 1. The molecular weight excluding hydrogens is 390 g/mol. The Hall–Kier alpha value is -1.85. The van der Waals surface area contributed by atoms with Gasteiger partial charge < -0.3 is 9.73 Å². The van der Waals surface area contributed by atoms with Gasteiger partial charge in [0, 0.05) is 26.2 Å². The Balaban J connectivity index is 1.79. The summed E-state index contributed by atoms with van der Waals surface area (Å²) in [6.07, 6.45) is 3.32. The fraction of sp³-hybridized carbons (Fsp3) is 0.562. The zero-order chi connectivity index (χ0) is 19.9. The molecule has 2 heterocycles. The normalized spacial score (nSPS) is 11.9. The van der Waals surface area contributed by atoms with Gasteiger partial charge in [0.2, 0.25) is 15.9 Å². The number of hydrogen-bond acceptors (Lipinski definition) is 7. The lowest BCUT2D eigenvalue weighted by atomic mass is 10.4. The molecule has 11 heteroatoms. The molecule has 2 aromatic heterocycles. The van der Waals surface area contributed by atoms with Crippen LogP contribution >= 0.6 is 11.8 Å². The second kappa shape index (κ2) is 9.90. The van der Waals surface area contributed by atoms with E-state index in [0.717, 1.165) is 0 Å². The molecule has 1 N–H and O–H groups in total. The third kappa shape index (κ3) is 6.08. The van der Waals surface area contributed by atoms with E-state index in [-0.39, 0.29) is 11.7 Å². The first-order valence-corrected chi connectivity index (χ1v) is 11.5. The lowest BCUT2D eigenvalue weighted by molar-refractivity contribution is -0.118. The van der Waals surface area contributed by atoms with Crippen LogP contribution in [0.1, 0.15) is 20.3 Å². The molecule has 0 atom stereocenters. The molecule has 2 rings (SSSR count). The molecule has 0 aliphatic rings. The zero-order valence-electron chi connectivity index (χ0n) is 15.7. The maximum Gasteiger partial charge on any atom is 0.230 e. The highest BCUT2D eigenvalue weighted by Gasteiger charge is 2.16. The van der Waals surface area contributed by atoms with Crippen molar-refractivity contribution in [2.45, 2.75) is 32.0 Å². The van der Waals surface area contributed by atoms with Crippen LogP contribution in [0, 0.1) is 0 Å². The average Bonchev–Trinajstić information content (AvgIpc) is 3.27. The van der Waals surface area contributed by atoms with E-state index in [1.54, 1.807) is 19.3 Å². The van der Waals surface area contributed by atoms with Crippen molar-refractivity contribution >= 4 is 27.7 Å². The number of nitrogens with one attached hydrogen (secondary N) is 1. The summed E-state index contributed by atoms with van der Waals surface area (Å²) in [5.41, 5.74) is 0.